The summed E-state index contributed by atoms with van der Waals surface area (Å²) >= 11 is 6.09. The van der Waals surface area contributed by atoms with Gasteiger partial charge in [0.05, 0.1) is 10.6 Å². The molecule has 1 aliphatic carbocycles. The number of benzene rings is 4. The lowest BCUT2D eigenvalue weighted by molar-refractivity contribution is -0.140. The number of halogens is 1. The minimum absolute atomic E-state index is 0.0119. The fourth-order valence-corrected chi connectivity index (χ4v) is 7.49. The Morgan fingerprint density at radius 2 is 1.49 bits per heavy atom. The SMILES string of the molecule is Cc1ccc(CN(C(=O)CN(c2ccc(C)c(C)c2)S(=O)(=O)c2ccc(Cl)cc2)C(Cc2ccccc2)C(=O)NC2CCCC2)cc1. The second-order valence-electron chi connectivity index (χ2n) is 12.4. The highest BCUT2D eigenvalue weighted by atomic mass is 35.5. The molecule has 7 nitrogen and oxygen atoms in total. The molecule has 0 bridgehead atoms. The molecule has 1 saturated carbocycles. The van der Waals surface area contributed by atoms with Gasteiger partial charge in [0.25, 0.3) is 10.0 Å². The molecule has 1 unspecified atom stereocenters. The van der Waals surface area contributed by atoms with E-state index in [1.54, 1.807) is 17.0 Å². The van der Waals surface area contributed by atoms with Crippen LogP contribution in [0.4, 0.5) is 5.69 Å². The minimum atomic E-state index is -4.20. The summed E-state index contributed by atoms with van der Waals surface area (Å²) in [6, 6.07) is 27.8. The van der Waals surface area contributed by atoms with Gasteiger partial charge in [-0.3, -0.25) is 13.9 Å². The summed E-state index contributed by atoms with van der Waals surface area (Å²) in [5.41, 5.74) is 5.06. The summed E-state index contributed by atoms with van der Waals surface area (Å²) < 4.78 is 29.6. The van der Waals surface area contributed by atoms with E-state index in [0.29, 0.717) is 10.7 Å². The molecule has 1 atom stereocenters. The summed E-state index contributed by atoms with van der Waals surface area (Å²) in [6.07, 6.45) is 4.18. The predicted octanol–water partition coefficient (Wildman–Crippen LogP) is 7.16. The first kappa shape index (κ1) is 34.2. The van der Waals surface area contributed by atoms with Gasteiger partial charge in [-0.2, -0.15) is 0 Å². The van der Waals surface area contributed by atoms with Gasteiger partial charge in [-0.1, -0.05) is 90.7 Å². The molecule has 1 N–H and O–H groups in total. The van der Waals surface area contributed by atoms with Crippen LogP contribution in [-0.4, -0.2) is 43.8 Å². The monoisotopic (exact) mass is 671 g/mol. The van der Waals surface area contributed by atoms with Crippen molar-refractivity contribution >= 4 is 39.1 Å². The molecule has 0 aromatic heterocycles. The summed E-state index contributed by atoms with van der Waals surface area (Å²) in [6.45, 7) is 5.48. The van der Waals surface area contributed by atoms with Crippen molar-refractivity contribution in [2.24, 2.45) is 0 Å². The minimum Gasteiger partial charge on any atom is -0.352 e. The molecular formula is C38H42ClN3O4S. The molecule has 0 aliphatic heterocycles. The first-order valence-electron chi connectivity index (χ1n) is 16.1. The van der Waals surface area contributed by atoms with Gasteiger partial charge in [0, 0.05) is 24.0 Å². The fourth-order valence-electron chi connectivity index (χ4n) is 5.95. The van der Waals surface area contributed by atoms with E-state index < -0.39 is 28.5 Å². The molecule has 0 radical (unpaired) electrons. The molecule has 246 valence electrons. The van der Waals surface area contributed by atoms with E-state index in [1.807, 2.05) is 81.4 Å². The summed E-state index contributed by atoms with van der Waals surface area (Å²) in [5.74, 6) is -0.719. The Bertz CT molecular complexity index is 1790. The third-order valence-corrected chi connectivity index (χ3v) is 10.9. The van der Waals surface area contributed by atoms with Crippen LogP contribution in [0, 0.1) is 20.8 Å². The Labute approximate surface area is 283 Å². The molecule has 1 aliphatic rings. The standard InChI is InChI=1S/C38H42ClN3O4S/c1-27-13-16-31(17-14-27)25-41(36(24-30-9-5-4-6-10-30)38(44)40-33-11-7-8-12-33)37(43)26-42(34-20-15-28(2)29(3)23-34)47(45,46)35-21-18-32(39)19-22-35/h4-6,9-10,13-23,33,36H,7-8,11-12,24-26H2,1-3H3,(H,40,44). The maximum Gasteiger partial charge on any atom is 0.264 e. The topological polar surface area (TPSA) is 86.8 Å². The number of carbonyl (C=O) groups is 2. The lowest BCUT2D eigenvalue weighted by atomic mass is 10.0. The Balaban J connectivity index is 1.57. The van der Waals surface area contributed by atoms with Gasteiger partial charge in [-0.15, -0.1) is 0 Å². The van der Waals surface area contributed by atoms with Gasteiger partial charge in [0.1, 0.15) is 12.6 Å². The molecule has 4 aromatic rings. The molecule has 0 heterocycles. The average molecular weight is 672 g/mol. The number of anilines is 1. The third-order valence-electron chi connectivity index (χ3n) is 8.91. The van der Waals surface area contributed by atoms with E-state index in [0.717, 1.165) is 57.8 Å². The zero-order valence-electron chi connectivity index (χ0n) is 27.2. The molecule has 9 heteroatoms. The number of rotatable bonds is 12. The molecule has 1 fully saturated rings. The van der Waals surface area contributed by atoms with Crippen LogP contribution in [0.1, 0.15) is 53.5 Å². The van der Waals surface area contributed by atoms with Crippen LogP contribution in [0.25, 0.3) is 0 Å². The van der Waals surface area contributed by atoms with Crippen molar-refractivity contribution in [2.75, 3.05) is 10.8 Å². The summed E-state index contributed by atoms with van der Waals surface area (Å²) in [5, 5.41) is 3.61. The van der Waals surface area contributed by atoms with Crippen LogP contribution in [-0.2, 0) is 32.6 Å². The van der Waals surface area contributed by atoms with Crippen molar-refractivity contribution in [1.82, 2.24) is 10.2 Å². The molecule has 5 rings (SSSR count). The van der Waals surface area contributed by atoms with Gasteiger partial charge in [0.2, 0.25) is 11.8 Å². The van der Waals surface area contributed by atoms with Gasteiger partial charge in [-0.05, 0) is 92.3 Å². The zero-order valence-corrected chi connectivity index (χ0v) is 28.7. The lowest BCUT2D eigenvalue weighted by Crippen LogP contribution is -2.54. The van der Waals surface area contributed by atoms with Crippen molar-refractivity contribution in [2.45, 2.75) is 76.4 Å². The zero-order chi connectivity index (χ0) is 33.6. The molecule has 0 spiro atoms. The lowest BCUT2D eigenvalue weighted by Gasteiger charge is -2.34. The number of aryl methyl sites for hydroxylation is 3. The Morgan fingerprint density at radius 3 is 2.13 bits per heavy atom. The quantitative estimate of drug-likeness (QED) is 0.173. The van der Waals surface area contributed by atoms with Gasteiger partial charge in [0.15, 0.2) is 0 Å². The number of hydrogen-bond donors (Lipinski definition) is 1. The van der Waals surface area contributed by atoms with Gasteiger partial charge < -0.3 is 10.2 Å². The molecular weight excluding hydrogens is 630 g/mol. The van der Waals surface area contributed by atoms with Crippen molar-refractivity contribution in [3.8, 4) is 0 Å². The van der Waals surface area contributed by atoms with E-state index >= 15 is 0 Å². The summed E-state index contributed by atoms with van der Waals surface area (Å²) in [7, 11) is -4.20. The number of amides is 2. The van der Waals surface area contributed by atoms with E-state index in [2.05, 4.69) is 5.32 Å². The van der Waals surface area contributed by atoms with Crippen LogP contribution >= 0.6 is 11.6 Å². The van der Waals surface area contributed by atoms with Crippen LogP contribution in [0.15, 0.2) is 102 Å². The highest BCUT2D eigenvalue weighted by molar-refractivity contribution is 7.92. The van der Waals surface area contributed by atoms with Crippen molar-refractivity contribution in [1.29, 1.82) is 0 Å². The number of carbonyl (C=O) groups excluding carboxylic acids is 2. The second kappa shape index (κ2) is 15.2. The van der Waals surface area contributed by atoms with E-state index in [9.17, 15) is 18.0 Å². The highest BCUT2D eigenvalue weighted by Crippen LogP contribution is 2.28. The maximum atomic E-state index is 14.7. The molecule has 47 heavy (non-hydrogen) atoms. The predicted molar refractivity (Wildman–Crippen MR) is 188 cm³/mol. The van der Waals surface area contributed by atoms with Crippen LogP contribution in [0.2, 0.25) is 5.02 Å². The van der Waals surface area contributed by atoms with E-state index in [-0.39, 0.29) is 29.8 Å². The Hall–Kier alpha value is -4.14. The maximum absolute atomic E-state index is 14.7. The van der Waals surface area contributed by atoms with E-state index in [1.165, 1.54) is 24.3 Å². The molecule has 4 aromatic carbocycles. The smallest absolute Gasteiger partial charge is 0.264 e. The number of nitrogens with one attached hydrogen (secondary N) is 1. The molecule has 2 amide bonds. The first-order valence-corrected chi connectivity index (χ1v) is 17.9. The Kier molecular flexibility index (Phi) is 11.0. The largest absolute Gasteiger partial charge is 0.352 e. The number of nitrogens with zero attached hydrogens (tertiary/aromatic N) is 2. The number of hydrogen-bond acceptors (Lipinski definition) is 4. The molecule has 0 saturated heterocycles. The normalized spacial score (nSPS) is 14.0. The van der Waals surface area contributed by atoms with Gasteiger partial charge in [-0.25, -0.2) is 8.42 Å². The average Bonchev–Trinajstić information content (AvgIpc) is 3.57. The van der Waals surface area contributed by atoms with Crippen molar-refractivity contribution in [3.05, 3.63) is 130 Å². The van der Waals surface area contributed by atoms with Crippen LogP contribution in [0.3, 0.4) is 0 Å². The van der Waals surface area contributed by atoms with Gasteiger partial charge >= 0.3 is 0 Å². The van der Waals surface area contributed by atoms with Crippen molar-refractivity contribution < 1.29 is 18.0 Å². The second-order valence-corrected chi connectivity index (χ2v) is 14.7. The Morgan fingerprint density at radius 1 is 0.830 bits per heavy atom. The van der Waals surface area contributed by atoms with E-state index in [4.69, 9.17) is 11.6 Å². The highest BCUT2D eigenvalue weighted by Gasteiger charge is 2.35. The van der Waals surface area contributed by atoms with Crippen LogP contribution in [0.5, 0.6) is 0 Å². The van der Waals surface area contributed by atoms with Crippen LogP contribution < -0.4 is 9.62 Å². The first-order chi connectivity index (χ1) is 22.5. The summed E-state index contributed by atoms with van der Waals surface area (Å²) in [4.78, 5) is 30.4. The van der Waals surface area contributed by atoms with Crippen molar-refractivity contribution in [3.63, 3.8) is 0 Å². The third kappa shape index (κ3) is 8.62. The fraction of sp³-hybridized carbons (Fsp3) is 0.316. The number of sulfonamides is 1.